The van der Waals surface area contributed by atoms with Crippen molar-refractivity contribution in [3.8, 4) is 6.07 Å². The number of benzene rings is 1. The van der Waals surface area contributed by atoms with Gasteiger partial charge in [-0.25, -0.2) is 8.42 Å². The van der Waals surface area contributed by atoms with E-state index in [1.54, 1.807) is 42.8 Å². The van der Waals surface area contributed by atoms with Gasteiger partial charge in [-0.05, 0) is 29.1 Å². The van der Waals surface area contributed by atoms with Gasteiger partial charge in [-0.3, -0.25) is 9.52 Å². The minimum absolute atomic E-state index is 0.0860. The Morgan fingerprint density at radius 2 is 2.00 bits per heavy atom. The maximum absolute atomic E-state index is 12.1. The van der Waals surface area contributed by atoms with Gasteiger partial charge in [0.2, 0.25) is 5.91 Å². The summed E-state index contributed by atoms with van der Waals surface area (Å²) in [6, 6.07) is 11.9. The smallest absolute Gasteiger partial charge is 0.271 e. The lowest BCUT2D eigenvalue weighted by Gasteiger charge is -2.15. The van der Waals surface area contributed by atoms with E-state index in [0.717, 1.165) is 16.9 Å². The molecule has 1 heterocycles. The van der Waals surface area contributed by atoms with E-state index in [2.05, 4.69) is 4.72 Å². The first-order chi connectivity index (χ1) is 11.4. The molecule has 0 saturated heterocycles. The van der Waals surface area contributed by atoms with E-state index in [-0.39, 0.29) is 16.5 Å². The number of nitriles is 1. The molecule has 0 saturated carbocycles. The Bertz CT molecular complexity index is 822. The summed E-state index contributed by atoms with van der Waals surface area (Å²) < 4.78 is 27.0. The molecule has 1 aromatic heterocycles. The minimum atomic E-state index is -3.57. The molecule has 6 nitrogen and oxygen atoms in total. The highest BCUT2D eigenvalue weighted by molar-refractivity contribution is 7.94. The first kappa shape index (κ1) is 18.0. The highest BCUT2D eigenvalue weighted by Gasteiger charge is 2.15. The predicted molar refractivity (Wildman–Crippen MR) is 93.1 cm³/mol. The fourth-order valence-corrected chi connectivity index (χ4v) is 4.02. The van der Waals surface area contributed by atoms with Crippen molar-refractivity contribution in [1.82, 2.24) is 4.90 Å². The average Bonchev–Trinajstić information content (AvgIpc) is 3.09. The van der Waals surface area contributed by atoms with E-state index in [0.29, 0.717) is 18.7 Å². The lowest BCUT2D eigenvalue weighted by atomic mass is 10.1. The number of thiophene rings is 1. The molecular formula is C16H17N3O3S2. The van der Waals surface area contributed by atoms with Crippen molar-refractivity contribution in [3.63, 3.8) is 0 Å². The van der Waals surface area contributed by atoms with Gasteiger partial charge in [0.05, 0.1) is 18.9 Å². The van der Waals surface area contributed by atoms with Crippen molar-refractivity contribution in [1.29, 1.82) is 5.26 Å². The van der Waals surface area contributed by atoms with E-state index in [9.17, 15) is 13.2 Å². The molecule has 1 aromatic carbocycles. The van der Waals surface area contributed by atoms with Gasteiger partial charge >= 0.3 is 0 Å². The van der Waals surface area contributed by atoms with Gasteiger partial charge in [0.15, 0.2) is 0 Å². The van der Waals surface area contributed by atoms with Gasteiger partial charge < -0.3 is 4.90 Å². The second kappa shape index (κ2) is 7.95. The summed E-state index contributed by atoms with van der Waals surface area (Å²) in [5, 5.41) is 10.2. The molecular weight excluding hydrogens is 346 g/mol. The fourth-order valence-electron chi connectivity index (χ4n) is 1.96. The third kappa shape index (κ3) is 4.81. The number of anilines is 1. The lowest BCUT2D eigenvalue weighted by Crippen LogP contribution is -2.28. The SMILES string of the molecule is CN(CCC#N)C(=O)Cc1ccc(NS(=O)(=O)c2cccs2)cc1. The Labute approximate surface area is 145 Å². The van der Waals surface area contributed by atoms with Crippen LogP contribution >= 0.6 is 11.3 Å². The zero-order valence-corrected chi connectivity index (χ0v) is 14.7. The third-order valence-electron chi connectivity index (χ3n) is 3.31. The van der Waals surface area contributed by atoms with Gasteiger partial charge in [-0.1, -0.05) is 18.2 Å². The molecule has 0 fully saturated rings. The average molecular weight is 363 g/mol. The molecule has 0 radical (unpaired) electrons. The van der Waals surface area contributed by atoms with Crippen LogP contribution in [0.3, 0.4) is 0 Å². The molecule has 24 heavy (non-hydrogen) atoms. The van der Waals surface area contributed by atoms with Gasteiger partial charge in [-0.2, -0.15) is 5.26 Å². The van der Waals surface area contributed by atoms with E-state index in [4.69, 9.17) is 5.26 Å². The number of carbonyl (C=O) groups is 1. The van der Waals surface area contributed by atoms with Crippen LogP contribution < -0.4 is 4.72 Å². The van der Waals surface area contributed by atoms with E-state index in [1.165, 1.54) is 11.0 Å². The molecule has 0 aliphatic carbocycles. The summed E-state index contributed by atoms with van der Waals surface area (Å²) in [4.78, 5) is 13.5. The van der Waals surface area contributed by atoms with Gasteiger partial charge in [0, 0.05) is 19.3 Å². The van der Waals surface area contributed by atoms with Crippen LogP contribution in [0.2, 0.25) is 0 Å². The zero-order valence-electron chi connectivity index (χ0n) is 13.1. The first-order valence-electron chi connectivity index (χ1n) is 7.18. The number of likely N-dealkylation sites (N-methyl/N-ethyl adjacent to an activating group) is 1. The number of rotatable bonds is 7. The number of nitrogens with one attached hydrogen (secondary N) is 1. The van der Waals surface area contributed by atoms with Crippen molar-refractivity contribution in [3.05, 3.63) is 47.3 Å². The van der Waals surface area contributed by atoms with Crippen LogP contribution in [0.4, 0.5) is 5.69 Å². The van der Waals surface area contributed by atoms with Crippen molar-refractivity contribution in [2.75, 3.05) is 18.3 Å². The van der Waals surface area contributed by atoms with Crippen molar-refractivity contribution < 1.29 is 13.2 Å². The topological polar surface area (TPSA) is 90.3 Å². The molecule has 1 N–H and O–H groups in total. The summed E-state index contributed by atoms with van der Waals surface area (Å²) in [5.41, 5.74) is 1.22. The standard InChI is InChI=1S/C16H17N3O3S2/c1-19(10-3-9-17)15(20)12-13-5-7-14(8-6-13)18-24(21,22)16-4-2-11-23-16/h2,4-8,11,18H,3,10,12H2,1H3. The highest BCUT2D eigenvalue weighted by atomic mass is 32.2. The Morgan fingerprint density at radius 3 is 2.58 bits per heavy atom. The van der Waals surface area contributed by atoms with Gasteiger partial charge in [0.25, 0.3) is 10.0 Å². The van der Waals surface area contributed by atoms with Crippen LogP contribution in [0.1, 0.15) is 12.0 Å². The molecule has 2 aromatic rings. The monoisotopic (exact) mass is 363 g/mol. The maximum Gasteiger partial charge on any atom is 0.271 e. The zero-order chi connectivity index (χ0) is 17.6. The summed E-state index contributed by atoms with van der Waals surface area (Å²) >= 11 is 1.15. The number of sulfonamides is 1. The first-order valence-corrected chi connectivity index (χ1v) is 9.55. The second-order valence-corrected chi connectivity index (χ2v) is 7.99. The molecule has 0 unspecified atom stereocenters. The second-order valence-electron chi connectivity index (χ2n) is 5.13. The number of hydrogen-bond acceptors (Lipinski definition) is 5. The highest BCUT2D eigenvalue weighted by Crippen LogP contribution is 2.20. The summed E-state index contributed by atoms with van der Waals surface area (Å²) in [6.07, 6.45) is 0.506. The third-order valence-corrected chi connectivity index (χ3v) is 6.08. The molecule has 126 valence electrons. The van der Waals surface area contributed by atoms with Crippen LogP contribution in [0.25, 0.3) is 0 Å². The maximum atomic E-state index is 12.1. The lowest BCUT2D eigenvalue weighted by molar-refractivity contribution is -0.129. The normalized spacial score (nSPS) is 10.8. The van der Waals surface area contributed by atoms with Crippen LogP contribution in [-0.2, 0) is 21.2 Å². The van der Waals surface area contributed by atoms with Crippen molar-refractivity contribution in [2.45, 2.75) is 17.1 Å². The Morgan fingerprint density at radius 1 is 1.29 bits per heavy atom. The van der Waals surface area contributed by atoms with Crippen LogP contribution in [0, 0.1) is 11.3 Å². The molecule has 0 bridgehead atoms. The molecule has 0 atom stereocenters. The Balaban J connectivity index is 1.98. The van der Waals surface area contributed by atoms with Gasteiger partial charge in [0.1, 0.15) is 4.21 Å². The Kier molecular flexibility index (Phi) is 5.95. The Hall–Kier alpha value is -2.37. The largest absolute Gasteiger partial charge is 0.344 e. The molecule has 8 heteroatoms. The van der Waals surface area contributed by atoms with Gasteiger partial charge in [-0.15, -0.1) is 11.3 Å². The quantitative estimate of drug-likeness (QED) is 0.818. The predicted octanol–water partition coefficient (Wildman–Crippen LogP) is 2.46. The minimum Gasteiger partial charge on any atom is -0.344 e. The number of carbonyl (C=O) groups excluding carboxylic acids is 1. The molecule has 0 aliphatic rings. The summed E-state index contributed by atoms with van der Waals surface area (Å²) in [6.45, 7) is 0.397. The van der Waals surface area contributed by atoms with E-state index < -0.39 is 10.0 Å². The van der Waals surface area contributed by atoms with Crippen LogP contribution in [0.15, 0.2) is 46.0 Å². The molecule has 2 rings (SSSR count). The molecule has 0 spiro atoms. The van der Waals surface area contributed by atoms with Crippen molar-refractivity contribution in [2.24, 2.45) is 0 Å². The number of nitrogens with zero attached hydrogens (tertiary/aromatic N) is 2. The molecule has 0 aliphatic heterocycles. The van der Waals surface area contributed by atoms with Crippen LogP contribution in [0.5, 0.6) is 0 Å². The van der Waals surface area contributed by atoms with Crippen LogP contribution in [-0.4, -0.2) is 32.8 Å². The molecule has 1 amide bonds. The van der Waals surface area contributed by atoms with Crippen molar-refractivity contribution >= 4 is 33.0 Å². The fraction of sp³-hybridized carbons (Fsp3) is 0.250. The number of amides is 1. The summed E-state index contributed by atoms with van der Waals surface area (Å²) in [7, 11) is -1.91. The van der Waals surface area contributed by atoms with E-state index >= 15 is 0 Å². The number of hydrogen-bond donors (Lipinski definition) is 1. The van der Waals surface area contributed by atoms with E-state index in [1.807, 2.05) is 6.07 Å². The summed E-state index contributed by atoms with van der Waals surface area (Å²) in [5.74, 6) is -0.0860.